The van der Waals surface area contributed by atoms with Gasteiger partial charge in [-0.3, -0.25) is 15.1 Å². The summed E-state index contributed by atoms with van der Waals surface area (Å²) in [5.74, 6) is -1.73. The molecule has 21 heavy (non-hydrogen) atoms. The van der Waals surface area contributed by atoms with Gasteiger partial charge in [-0.1, -0.05) is 6.42 Å². The summed E-state index contributed by atoms with van der Waals surface area (Å²) in [5.41, 5.74) is 7.13. The fourth-order valence-electron chi connectivity index (χ4n) is 2.24. The summed E-state index contributed by atoms with van der Waals surface area (Å²) in [6.07, 6.45) is 1.37. The molecule has 114 valence electrons. The third-order valence-corrected chi connectivity index (χ3v) is 3.17. The number of nitrogens with zero attached hydrogens (tertiary/aromatic N) is 2. The van der Waals surface area contributed by atoms with E-state index in [1.54, 1.807) is 6.07 Å². The minimum Gasteiger partial charge on any atom is -0.369 e. The Morgan fingerprint density at radius 2 is 2.00 bits per heavy atom. The molecular formula is C13H15F3N4O. The largest absolute Gasteiger partial charge is 0.506 e. The van der Waals surface area contributed by atoms with Crippen LogP contribution in [0, 0.1) is 0 Å². The highest BCUT2D eigenvalue weighted by molar-refractivity contribution is 6.05. The van der Waals surface area contributed by atoms with Gasteiger partial charge < -0.3 is 5.73 Å². The Balaban J connectivity index is 2.13. The fourth-order valence-corrected chi connectivity index (χ4v) is 2.24. The van der Waals surface area contributed by atoms with E-state index in [-0.39, 0.29) is 5.56 Å². The van der Waals surface area contributed by atoms with Gasteiger partial charge in [0.1, 0.15) is 0 Å². The monoisotopic (exact) mass is 300 g/mol. The lowest BCUT2D eigenvalue weighted by atomic mass is 10.1. The molecule has 0 bridgehead atoms. The van der Waals surface area contributed by atoms with Crippen LogP contribution in [0.2, 0.25) is 0 Å². The van der Waals surface area contributed by atoms with Gasteiger partial charge >= 0.3 is 6.30 Å². The van der Waals surface area contributed by atoms with E-state index in [9.17, 15) is 18.0 Å². The van der Waals surface area contributed by atoms with Gasteiger partial charge in [-0.15, -0.1) is 13.2 Å². The number of halogens is 3. The molecule has 0 aromatic carbocycles. The van der Waals surface area contributed by atoms with Crippen LogP contribution in [0.1, 0.15) is 40.9 Å². The lowest BCUT2D eigenvalue weighted by Crippen LogP contribution is -2.38. The Bertz CT molecular complexity index is 569. The SMILES string of the molecule is NC(=NC(F)(F)F)NC(=O)c1cnc2c(c1)CCCCC2. The van der Waals surface area contributed by atoms with E-state index in [1.165, 1.54) is 6.20 Å². The van der Waals surface area contributed by atoms with Crippen LogP contribution in [-0.4, -0.2) is 23.2 Å². The van der Waals surface area contributed by atoms with Crippen LogP contribution in [-0.2, 0) is 12.8 Å². The zero-order valence-electron chi connectivity index (χ0n) is 11.2. The summed E-state index contributed by atoms with van der Waals surface area (Å²) >= 11 is 0. The molecule has 0 saturated heterocycles. The van der Waals surface area contributed by atoms with Crippen molar-refractivity contribution in [2.24, 2.45) is 10.7 Å². The average Bonchev–Trinajstić information content (AvgIpc) is 2.60. The van der Waals surface area contributed by atoms with Crippen molar-refractivity contribution < 1.29 is 18.0 Å². The number of aryl methyl sites for hydroxylation is 2. The molecule has 1 aliphatic carbocycles. The third-order valence-electron chi connectivity index (χ3n) is 3.17. The van der Waals surface area contributed by atoms with E-state index >= 15 is 0 Å². The van der Waals surface area contributed by atoms with Crippen LogP contribution in [0.15, 0.2) is 17.3 Å². The number of alkyl halides is 3. The molecule has 0 radical (unpaired) electrons. The molecule has 1 aliphatic rings. The molecule has 1 amide bonds. The van der Waals surface area contributed by atoms with Crippen molar-refractivity contribution in [1.29, 1.82) is 0 Å². The number of pyridine rings is 1. The summed E-state index contributed by atoms with van der Waals surface area (Å²) in [4.78, 5) is 18.3. The molecule has 0 unspecified atom stereocenters. The van der Waals surface area contributed by atoms with Crippen molar-refractivity contribution in [3.05, 3.63) is 29.1 Å². The highest BCUT2D eigenvalue weighted by Gasteiger charge is 2.27. The van der Waals surface area contributed by atoms with Gasteiger partial charge in [-0.25, -0.2) is 0 Å². The quantitative estimate of drug-likeness (QED) is 0.360. The lowest BCUT2D eigenvalue weighted by Gasteiger charge is -2.09. The molecule has 0 aliphatic heterocycles. The number of guanidine groups is 1. The maximum absolute atomic E-state index is 12.0. The zero-order chi connectivity index (χ0) is 15.5. The van der Waals surface area contributed by atoms with Gasteiger partial charge in [-0.05, 0) is 37.3 Å². The number of rotatable bonds is 1. The number of carbonyl (C=O) groups excluding carboxylic acids is 1. The number of hydrogen-bond donors (Lipinski definition) is 2. The van der Waals surface area contributed by atoms with E-state index in [0.29, 0.717) is 0 Å². The molecule has 3 N–H and O–H groups in total. The van der Waals surface area contributed by atoms with Gasteiger partial charge in [0.15, 0.2) is 0 Å². The molecule has 0 fully saturated rings. The van der Waals surface area contributed by atoms with Gasteiger partial charge in [0, 0.05) is 11.9 Å². The molecule has 0 spiro atoms. The highest BCUT2D eigenvalue weighted by Crippen LogP contribution is 2.20. The molecular weight excluding hydrogens is 285 g/mol. The molecule has 1 aromatic heterocycles. The summed E-state index contributed by atoms with van der Waals surface area (Å²) < 4.78 is 36.0. The van der Waals surface area contributed by atoms with Crippen molar-refractivity contribution in [3.63, 3.8) is 0 Å². The predicted molar refractivity (Wildman–Crippen MR) is 70.6 cm³/mol. The Hall–Kier alpha value is -2.12. The van der Waals surface area contributed by atoms with Gasteiger partial charge in [0.2, 0.25) is 5.96 Å². The number of fused-ring (bicyclic) bond motifs is 1. The lowest BCUT2D eigenvalue weighted by molar-refractivity contribution is -0.119. The normalized spacial score (nSPS) is 16.0. The van der Waals surface area contributed by atoms with Crippen LogP contribution in [0.3, 0.4) is 0 Å². The highest BCUT2D eigenvalue weighted by atomic mass is 19.4. The number of nitrogens with two attached hydrogens (primary N) is 1. The average molecular weight is 300 g/mol. The molecule has 0 saturated carbocycles. The number of amides is 1. The third kappa shape index (κ3) is 4.44. The second kappa shape index (κ2) is 6.11. The number of hydrogen-bond acceptors (Lipinski definition) is 3. The van der Waals surface area contributed by atoms with E-state index in [4.69, 9.17) is 5.73 Å². The molecule has 8 heteroatoms. The molecule has 1 heterocycles. The maximum Gasteiger partial charge on any atom is 0.506 e. The fraction of sp³-hybridized carbons (Fsp3) is 0.462. The first-order valence-electron chi connectivity index (χ1n) is 6.56. The summed E-state index contributed by atoms with van der Waals surface area (Å²) in [6.45, 7) is 0. The second-order valence-electron chi connectivity index (χ2n) is 4.81. The van der Waals surface area contributed by atoms with Crippen molar-refractivity contribution in [2.45, 2.75) is 38.4 Å². The van der Waals surface area contributed by atoms with Crippen molar-refractivity contribution in [3.8, 4) is 0 Å². The van der Waals surface area contributed by atoms with Gasteiger partial charge in [0.05, 0.1) is 5.56 Å². The summed E-state index contributed by atoms with van der Waals surface area (Å²) in [7, 11) is 0. The van der Waals surface area contributed by atoms with E-state index < -0.39 is 18.2 Å². The van der Waals surface area contributed by atoms with Crippen molar-refractivity contribution >= 4 is 11.9 Å². The summed E-state index contributed by atoms with van der Waals surface area (Å²) in [6, 6.07) is 1.66. The van der Waals surface area contributed by atoms with Crippen LogP contribution in [0.5, 0.6) is 0 Å². The first-order valence-corrected chi connectivity index (χ1v) is 6.56. The van der Waals surface area contributed by atoms with Crippen LogP contribution in [0.4, 0.5) is 13.2 Å². The van der Waals surface area contributed by atoms with Crippen molar-refractivity contribution in [1.82, 2.24) is 10.3 Å². The summed E-state index contributed by atoms with van der Waals surface area (Å²) in [5, 5.41) is 1.90. The van der Waals surface area contributed by atoms with Crippen LogP contribution in [0.25, 0.3) is 0 Å². The second-order valence-corrected chi connectivity index (χ2v) is 4.81. The number of aliphatic imine (C=N–C) groups is 1. The number of nitrogens with one attached hydrogen (secondary N) is 1. The topological polar surface area (TPSA) is 80.4 Å². The van der Waals surface area contributed by atoms with E-state index in [1.807, 2.05) is 5.32 Å². The Morgan fingerprint density at radius 3 is 2.71 bits per heavy atom. The van der Waals surface area contributed by atoms with Gasteiger partial charge in [-0.2, -0.15) is 4.99 Å². The minimum atomic E-state index is -4.82. The van der Waals surface area contributed by atoms with E-state index in [2.05, 4.69) is 9.98 Å². The first-order chi connectivity index (χ1) is 9.85. The first kappa shape index (κ1) is 15.3. The Labute approximate surface area is 119 Å². The Kier molecular flexibility index (Phi) is 4.44. The van der Waals surface area contributed by atoms with Crippen molar-refractivity contribution in [2.75, 3.05) is 0 Å². The minimum absolute atomic E-state index is 0.177. The number of aromatic nitrogens is 1. The number of carbonyl (C=O) groups is 1. The van der Waals surface area contributed by atoms with Crippen LogP contribution >= 0.6 is 0 Å². The molecule has 0 atom stereocenters. The molecule has 1 aromatic rings. The molecule has 5 nitrogen and oxygen atoms in total. The predicted octanol–water partition coefficient (Wildman–Crippen LogP) is 1.91. The Morgan fingerprint density at radius 1 is 1.29 bits per heavy atom. The standard InChI is InChI=1S/C13H15F3N4O/c14-13(15,16)20-12(17)19-11(21)9-6-8-4-2-1-3-5-10(8)18-7-9/h6-7H,1-5H2,(H3,17,19,20,21). The maximum atomic E-state index is 12.0. The zero-order valence-corrected chi connectivity index (χ0v) is 11.2. The van der Waals surface area contributed by atoms with Crippen LogP contribution < -0.4 is 11.1 Å². The smallest absolute Gasteiger partial charge is 0.369 e. The van der Waals surface area contributed by atoms with E-state index in [0.717, 1.165) is 43.4 Å². The van der Waals surface area contributed by atoms with Gasteiger partial charge in [0.25, 0.3) is 5.91 Å². The molecule has 2 rings (SSSR count).